The van der Waals surface area contributed by atoms with Crippen LogP contribution in [0.15, 0.2) is 0 Å². The molecule has 34 heavy (non-hydrogen) atoms. The molecule has 2 atom stereocenters. The summed E-state index contributed by atoms with van der Waals surface area (Å²) in [5.41, 5.74) is 0. The van der Waals surface area contributed by atoms with Crippen molar-refractivity contribution in [2.24, 2.45) is 5.92 Å². The van der Waals surface area contributed by atoms with E-state index in [0.717, 1.165) is 24.2 Å². The number of Topliss-reactive ketones (excluding diaryl/α,β-unsaturated/α-hetero) is 1. The van der Waals surface area contributed by atoms with E-state index in [4.69, 9.17) is 9.05 Å². The minimum atomic E-state index is -4.05. The van der Waals surface area contributed by atoms with E-state index in [-0.39, 0.29) is 24.9 Å². The molecule has 204 valence electrons. The minimum absolute atomic E-state index is 0.0207. The van der Waals surface area contributed by atoms with Crippen molar-refractivity contribution in [2.75, 3.05) is 33.9 Å². The molecule has 0 bridgehead atoms. The Kier molecular flexibility index (Phi) is 23.0. The van der Waals surface area contributed by atoms with E-state index in [1.807, 2.05) is 14.1 Å². The minimum Gasteiger partial charge on any atom is -0.338 e. The predicted molar refractivity (Wildman–Crippen MR) is 142 cm³/mol. The Hall–Kier alpha value is -0.260. The van der Waals surface area contributed by atoms with Crippen LogP contribution in [0.2, 0.25) is 0 Å². The van der Waals surface area contributed by atoms with E-state index in [1.54, 1.807) is 6.92 Å². The number of unbranched alkanes of at least 4 members (excludes halogenated alkanes) is 15. The highest BCUT2D eigenvalue weighted by Crippen LogP contribution is 2.43. The zero-order chi connectivity index (χ0) is 25.5. The fraction of sp³-hybridized carbons (Fsp3) is 0.963. The average molecular weight is 507 g/mol. The van der Waals surface area contributed by atoms with Gasteiger partial charge in [-0.2, -0.15) is 0 Å². The molecular formula is C27H57NO5P+. The molecule has 0 fully saturated rings. The van der Waals surface area contributed by atoms with Gasteiger partial charge in [-0.05, 0) is 19.3 Å². The molecule has 0 aliphatic carbocycles. The Balaban J connectivity index is 3.72. The Morgan fingerprint density at radius 2 is 1.24 bits per heavy atom. The number of hydrogen-bond acceptors (Lipinski definition) is 4. The molecule has 0 rings (SSSR count). The Bertz CT molecular complexity index is 515. The van der Waals surface area contributed by atoms with Gasteiger partial charge >= 0.3 is 7.82 Å². The van der Waals surface area contributed by atoms with Crippen LogP contribution < -0.4 is 4.90 Å². The van der Waals surface area contributed by atoms with Crippen LogP contribution >= 0.6 is 7.82 Å². The number of carbonyl (C=O) groups is 1. The SMILES string of the molecule is CCCCCCCCCCCCCCCCCCC(COP(=O)(O)OCC[NH+](C)C)CC(C)=O. The summed E-state index contributed by atoms with van der Waals surface area (Å²) in [6.45, 7) is 4.74. The standard InChI is InChI=1S/C27H56NO5P/c1-5-6-7-8-9-10-11-12-13-14-15-16-17-18-19-20-21-27(24-26(2)29)25-33-34(30,31)32-23-22-28(3)4/h27H,5-25H2,1-4H3,(H,30,31)/p+1. The lowest BCUT2D eigenvalue weighted by molar-refractivity contribution is -0.858. The first-order valence-electron chi connectivity index (χ1n) is 14.2. The fourth-order valence-electron chi connectivity index (χ4n) is 4.23. The van der Waals surface area contributed by atoms with E-state index < -0.39 is 7.82 Å². The summed E-state index contributed by atoms with van der Waals surface area (Å²) < 4.78 is 22.2. The van der Waals surface area contributed by atoms with Gasteiger partial charge in [0.2, 0.25) is 0 Å². The van der Waals surface area contributed by atoms with Crippen LogP contribution in [0, 0.1) is 5.92 Å². The predicted octanol–water partition coefficient (Wildman–Crippen LogP) is 6.51. The first kappa shape index (κ1) is 33.7. The number of likely N-dealkylation sites (N-methyl/N-ethyl adjacent to an activating group) is 1. The zero-order valence-corrected chi connectivity index (χ0v) is 23.8. The van der Waals surface area contributed by atoms with E-state index in [1.165, 1.54) is 89.9 Å². The van der Waals surface area contributed by atoms with Crippen LogP contribution in [0.4, 0.5) is 0 Å². The van der Waals surface area contributed by atoms with E-state index >= 15 is 0 Å². The molecule has 2 N–H and O–H groups in total. The normalized spacial score (nSPS) is 14.4. The number of nitrogens with one attached hydrogen (secondary N) is 1. The number of phosphoric acid groups is 1. The van der Waals surface area contributed by atoms with Gasteiger partial charge in [-0.25, -0.2) is 4.57 Å². The number of phosphoric ester groups is 1. The number of hydrogen-bond donors (Lipinski definition) is 2. The molecule has 0 radical (unpaired) electrons. The summed E-state index contributed by atoms with van der Waals surface area (Å²) in [7, 11) is -0.143. The molecule has 0 aromatic carbocycles. The van der Waals surface area contributed by atoms with E-state index in [9.17, 15) is 14.3 Å². The van der Waals surface area contributed by atoms with Gasteiger partial charge in [0.25, 0.3) is 0 Å². The summed E-state index contributed by atoms with van der Waals surface area (Å²) in [4.78, 5) is 22.6. The van der Waals surface area contributed by atoms with Gasteiger partial charge in [-0.1, -0.05) is 110 Å². The second-order valence-electron chi connectivity index (χ2n) is 10.4. The molecule has 0 aromatic rings. The molecule has 0 aliphatic rings. The maximum atomic E-state index is 12.0. The molecule has 2 unspecified atom stereocenters. The van der Waals surface area contributed by atoms with Crippen molar-refractivity contribution in [2.45, 2.75) is 129 Å². The lowest BCUT2D eigenvalue weighted by Crippen LogP contribution is -3.06. The number of carbonyl (C=O) groups excluding carboxylic acids is 1. The van der Waals surface area contributed by atoms with Crippen molar-refractivity contribution in [3.63, 3.8) is 0 Å². The van der Waals surface area contributed by atoms with Crippen LogP contribution in [0.1, 0.15) is 129 Å². The van der Waals surface area contributed by atoms with Crippen LogP contribution in [0.5, 0.6) is 0 Å². The first-order chi connectivity index (χ1) is 16.3. The third kappa shape index (κ3) is 24.9. The summed E-state index contributed by atoms with van der Waals surface area (Å²) in [6.07, 6.45) is 22.5. The highest BCUT2D eigenvalue weighted by Gasteiger charge is 2.24. The molecule has 0 amide bonds. The second kappa shape index (κ2) is 23.2. The highest BCUT2D eigenvalue weighted by atomic mass is 31.2. The third-order valence-electron chi connectivity index (χ3n) is 6.37. The van der Waals surface area contributed by atoms with Gasteiger partial charge < -0.3 is 14.6 Å². The first-order valence-corrected chi connectivity index (χ1v) is 15.7. The van der Waals surface area contributed by atoms with E-state index in [2.05, 4.69) is 6.92 Å². The summed E-state index contributed by atoms with van der Waals surface area (Å²) >= 11 is 0. The van der Waals surface area contributed by atoms with Gasteiger partial charge in [0, 0.05) is 6.42 Å². The average Bonchev–Trinajstić information content (AvgIpc) is 2.76. The lowest BCUT2D eigenvalue weighted by Gasteiger charge is -2.18. The number of ketones is 1. The van der Waals surface area contributed by atoms with Crippen LogP contribution in [0.25, 0.3) is 0 Å². The van der Waals surface area contributed by atoms with Crippen LogP contribution in [-0.2, 0) is 18.4 Å². The quantitative estimate of drug-likeness (QED) is 0.103. The maximum Gasteiger partial charge on any atom is 0.472 e. The topological polar surface area (TPSA) is 77.3 Å². The lowest BCUT2D eigenvalue weighted by atomic mass is 9.96. The van der Waals surface area contributed by atoms with Crippen molar-refractivity contribution >= 4 is 13.6 Å². The van der Waals surface area contributed by atoms with Crippen molar-refractivity contribution in [3.8, 4) is 0 Å². The van der Waals surface area contributed by atoms with Crippen molar-refractivity contribution in [3.05, 3.63) is 0 Å². The Morgan fingerprint density at radius 3 is 1.65 bits per heavy atom. The number of rotatable bonds is 26. The zero-order valence-electron chi connectivity index (χ0n) is 23.0. The highest BCUT2D eigenvalue weighted by molar-refractivity contribution is 7.47. The molecule has 6 nitrogen and oxygen atoms in total. The number of quaternary nitrogens is 1. The summed E-state index contributed by atoms with van der Waals surface area (Å²) in [6, 6.07) is 0. The van der Waals surface area contributed by atoms with Crippen LogP contribution in [-0.4, -0.2) is 44.5 Å². The molecule has 0 heterocycles. The van der Waals surface area contributed by atoms with Gasteiger partial charge in [-0.3, -0.25) is 9.05 Å². The Morgan fingerprint density at radius 1 is 0.794 bits per heavy atom. The van der Waals surface area contributed by atoms with Crippen molar-refractivity contribution in [1.29, 1.82) is 0 Å². The molecule has 0 aromatic heterocycles. The second-order valence-corrected chi connectivity index (χ2v) is 11.9. The maximum absolute atomic E-state index is 12.0. The Labute approximate surface area is 211 Å². The smallest absolute Gasteiger partial charge is 0.338 e. The molecule has 7 heteroatoms. The van der Waals surface area contributed by atoms with Crippen LogP contribution in [0.3, 0.4) is 0 Å². The summed E-state index contributed by atoms with van der Waals surface area (Å²) in [5, 5.41) is 0. The monoisotopic (exact) mass is 506 g/mol. The molecule has 0 saturated carbocycles. The van der Waals surface area contributed by atoms with Crippen molar-refractivity contribution < 1.29 is 28.2 Å². The largest absolute Gasteiger partial charge is 0.472 e. The molecular weight excluding hydrogens is 449 g/mol. The van der Waals surface area contributed by atoms with Gasteiger partial charge in [-0.15, -0.1) is 0 Å². The van der Waals surface area contributed by atoms with E-state index in [0.29, 0.717) is 13.0 Å². The fourth-order valence-corrected chi connectivity index (χ4v) is 5.03. The van der Waals surface area contributed by atoms with Crippen molar-refractivity contribution in [1.82, 2.24) is 0 Å². The molecule has 0 saturated heterocycles. The summed E-state index contributed by atoms with van der Waals surface area (Å²) in [5.74, 6) is 0.0719. The molecule has 0 spiro atoms. The van der Waals surface area contributed by atoms with Gasteiger partial charge in [0.1, 0.15) is 18.9 Å². The third-order valence-corrected chi connectivity index (χ3v) is 7.36. The van der Waals surface area contributed by atoms with Gasteiger partial charge in [0.05, 0.1) is 20.7 Å². The molecule has 0 aliphatic heterocycles. The van der Waals surface area contributed by atoms with Gasteiger partial charge in [0.15, 0.2) is 0 Å².